The molecule has 1 unspecified atom stereocenters. The van der Waals surface area contributed by atoms with Gasteiger partial charge in [-0.1, -0.05) is 30.3 Å². The standard InChI is InChI=1S/C18H18N2O3/c1-12-7-3-4-8-14(12)19-18(22)17-11-20(13(2)21)15-9-5-6-10-16(15)23-17/h3-10,17H,11H2,1-2H3,(H,19,22). The molecule has 0 saturated heterocycles. The first-order valence-electron chi connectivity index (χ1n) is 7.46. The van der Waals surface area contributed by atoms with Gasteiger partial charge in [-0.05, 0) is 30.7 Å². The number of para-hydroxylation sites is 3. The van der Waals surface area contributed by atoms with Crippen LogP contribution >= 0.6 is 0 Å². The number of nitrogens with one attached hydrogen (secondary N) is 1. The molecule has 0 spiro atoms. The number of nitrogens with zero attached hydrogens (tertiary/aromatic N) is 1. The summed E-state index contributed by atoms with van der Waals surface area (Å²) in [6.07, 6.45) is -0.742. The molecule has 0 aliphatic carbocycles. The minimum atomic E-state index is -0.742. The van der Waals surface area contributed by atoms with E-state index in [4.69, 9.17) is 4.74 Å². The Morgan fingerprint density at radius 2 is 1.83 bits per heavy atom. The van der Waals surface area contributed by atoms with Crippen LogP contribution < -0.4 is 15.0 Å². The van der Waals surface area contributed by atoms with E-state index >= 15 is 0 Å². The Morgan fingerprint density at radius 1 is 1.13 bits per heavy atom. The summed E-state index contributed by atoms with van der Waals surface area (Å²) >= 11 is 0. The first-order chi connectivity index (χ1) is 11.1. The van der Waals surface area contributed by atoms with Gasteiger partial charge >= 0.3 is 0 Å². The van der Waals surface area contributed by atoms with E-state index in [-0.39, 0.29) is 18.4 Å². The van der Waals surface area contributed by atoms with E-state index in [2.05, 4.69) is 5.32 Å². The van der Waals surface area contributed by atoms with Gasteiger partial charge in [-0.25, -0.2) is 0 Å². The molecular weight excluding hydrogens is 292 g/mol. The molecule has 2 amide bonds. The number of fused-ring (bicyclic) bond motifs is 1. The van der Waals surface area contributed by atoms with Crippen molar-refractivity contribution in [3.8, 4) is 5.75 Å². The number of hydrogen-bond donors (Lipinski definition) is 1. The van der Waals surface area contributed by atoms with Crippen molar-refractivity contribution >= 4 is 23.2 Å². The highest BCUT2D eigenvalue weighted by atomic mass is 16.5. The normalized spacial score (nSPS) is 16.3. The number of rotatable bonds is 2. The van der Waals surface area contributed by atoms with Crippen LogP contribution in [0.5, 0.6) is 5.75 Å². The summed E-state index contributed by atoms with van der Waals surface area (Å²) in [5.41, 5.74) is 2.41. The molecule has 1 N–H and O–H groups in total. The summed E-state index contributed by atoms with van der Waals surface area (Å²) in [5, 5.41) is 2.87. The third-order valence-corrected chi connectivity index (χ3v) is 3.85. The summed E-state index contributed by atoms with van der Waals surface area (Å²) in [4.78, 5) is 26.0. The number of carbonyl (C=O) groups excluding carboxylic acids is 2. The number of ether oxygens (including phenoxy) is 1. The van der Waals surface area contributed by atoms with Crippen LogP contribution in [0.2, 0.25) is 0 Å². The highest BCUT2D eigenvalue weighted by molar-refractivity contribution is 5.99. The molecule has 0 saturated carbocycles. The zero-order valence-electron chi connectivity index (χ0n) is 13.1. The van der Waals surface area contributed by atoms with Gasteiger partial charge < -0.3 is 15.0 Å². The molecule has 118 valence electrons. The molecule has 1 aliphatic heterocycles. The Bertz CT molecular complexity index is 757. The van der Waals surface area contributed by atoms with Crippen molar-refractivity contribution in [3.63, 3.8) is 0 Å². The molecule has 1 aliphatic rings. The van der Waals surface area contributed by atoms with Crippen LogP contribution in [0.4, 0.5) is 11.4 Å². The Labute approximate surface area is 134 Å². The topological polar surface area (TPSA) is 58.6 Å². The lowest BCUT2D eigenvalue weighted by atomic mass is 10.1. The third-order valence-electron chi connectivity index (χ3n) is 3.85. The molecule has 1 atom stereocenters. The van der Waals surface area contributed by atoms with Crippen LogP contribution in [0.15, 0.2) is 48.5 Å². The van der Waals surface area contributed by atoms with Crippen molar-refractivity contribution in [2.75, 3.05) is 16.8 Å². The van der Waals surface area contributed by atoms with E-state index in [1.165, 1.54) is 6.92 Å². The largest absolute Gasteiger partial charge is 0.476 e. The van der Waals surface area contributed by atoms with Gasteiger partial charge in [-0.2, -0.15) is 0 Å². The lowest BCUT2D eigenvalue weighted by Crippen LogP contribution is -2.48. The Morgan fingerprint density at radius 3 is 2.57 bits per heavy atom. The lowest BCUT2D eigenvalue weighted by Gasteiger charge is -2.33. The summed E-state index contributed by atoms with van der Waals surface area (Å²) < 4.78 is 5.78. The molecule has 0 aromatic heterocycles. The van der Waals surface area contributed by atoms with Gasteiger partial charge in [0, 0.05) is 12.6 Å². The van der Waals surface area contributed by atoms with Crippen LogP contribution in [0.25, 0.3) is 0 Å². The Balaban J connectivity index is 1.83. The number of aryl methyl sites for hydroxylation is 1. The second-order valence-corrected chi connectivity index (χ2v) is 5.51. The highest BCUT2D eigenvalue weighted by Crippen LogP contribution is 2.33. The molecule has 1 heterocycles. The van der Waals surface area contributed by atoms with Crippen molar-refractivity contribution in [2.24, 2.45) is 0 Å². The maximum absolute atomic E-state index is 12.5. The number of carbonyl (C=O) groups is 2. The molecule has 3 rings (SSSR count). The third kappa shape index (κ3) is 3.04. The van der Waals surface area contributed by atoms with Gasteiger partial charge in [0.2, 0.25) is 5.91 Å². The smallest absolute Gasteiger partial charge is 0.267 e. The zero-order chi connectivity index (χ0) is 16.4. The van der Waals surface area contributed by atoms with E-state index in [9.17, 15) is 9.59 Å². The van der Waals surface area contributed by atoms with Gasteiger partial charge in [-0.15, -0.1) is 0 Å². The summed E-state index contributed by atoms with van der Waals surface area (Å²) in [6, 6.07) is 14.8. The molecule has 23 heavy (non-hydrogen) atoms. The van der Waals surface area contributed by atoms with Crippen molar-refractivity contribution in [3.05, 3.63) is 54.1 Å². The molecule has 2 aromatic rings. The van der Waals surface area contributed by atoms with Crippen molar-refractivity contribution < 1.29 is 14.3 Å². The van der Waals surface area contributed by atoms with Gasteiger partial charge in [0.25, 0.3) is 5.91 Å². The monoisotopic (exact) mass is 310 g/mol. The van der Waals surface area contributed by atoms with Crippen molar-refractivity contribution in [1.29, 1.82) is 0 Å². The Kier molecular flexibility index (Phi) is 4.02. The van der Waals surface area contributed by atoms with Gasteiger partial charge in [0.05, 0.1) is 12.2 Å². The second-order valence-electron chi connectivity index (χ2n) is 5.51. The average molecular weight is 310 g/mol. The molecule has 0 bridgehead atoms. The zero-order valence-corrected chi connectivity index (χ0v) is 13.1. The van der Waals surface area contributed by atoms with Crippen LogP contribution in [-0.4, -0.2) is 24.5 Å². The maximum atomic E-state index is 12.5. The first kappa shape index (κ1) is 15.1. The fourth-order valence-corrected chi connectivity index (χ4v) is 2.60. The molecule has 0 radical (unpaired) electrons. The van der Waals surface area contributed by atoms with E-state index in [0.29, 0.717) is 11.4 Å². The first-order valence-corrected chi connectivity index (χ1v) is 7.46. The molecular formula is C18H18N2O3. The van der Waals surface area contributed by atoms with Gasteiger partial charge in [0.15, 0.2) is 6.10 Å². The molecule has 5 nitrogen and oxygen atoms in total. The van der Waals surface area contributed by atoms with Crippen molar-refractivity contribution in [2.45, 2.75) is 20.0 Å². The van der Waals surface area contributed by atoms with E-state index in [1.54, 1.807) is 11.0 Å². The highest BCUT2D eigenvalue weighted by Gasteiger charge is 2.32. The van der Waals surface area contributed by atoms with Gasteiger partial charge in [-0.3, -0.25) is 9.59 Å². The molecule has 0 fully saturated rings. The quantitative estimate of drug-likeness (QED) is 0.928. The van der Waals surface area contributed by atoms with Crippen LogP contribution in [0.3, 0.4) is 0 Å². The lowest BCUT2D eigenvalue weighted by molar-refractivity contribution is -0.123. The number of hydrogen-bond acceptors (Lipinski definition) is 3. The number of benzene rings is 2. The van der Waals surface area contributed by atoms with Gasteiger partial charge in [0.1, 0.15) is 5.75 Å². The van der Waals surface area contributed by atoms with Crippen LogP contribution in [0, 0.1) is 6.92 Å². The number of amides is 2. The second kappa shape index (κ2) is 6.12. The van der Waals surface area contributed by atoms with E-state index < -0.39 is 6.10 Å². The number of anilines is 2. The fraction of sp³-hybridized carbons (Fsp3) is 0.222. The minimum absolute atomic E-state index is 0.116. The SMILES string of the molecule is CC(=O)N1CC(C(=O)Nc2ccccc2C)Oc2ccccc21. The predicted octanol–water partition coefficient (Wildman–Crippen LogP) is 2.75. The van der Waals surface area contributed by atoms with E-state index in [1.807, 2.05) is 49.4 Å². The average Bonchev–Trinajstić information content (AvgIpc) is 2.55. The summed E-state index contributed by atoms with van der Waals surface area (Å²) in [6.45, 7) is 3.61. The summed E-state index contributed by atoms with van der Waals surface area (Å²) in [7, 11) is 0. The van der Waals surface area contributed by atoms with Crippen LogP contribution in [0.1, 0.15) is 12.5 Å². The molecule has 2 aromatic carbocycles. The van der Waals surface area contributed by atoms with Crippen LogP contribution in [-0.2, 0) is 9.59 Å². The van der Waals surface area contributed by atoms with E-state index in [0.717, 1.165) is 11.3 Å². The predicted molar refractivity (Wildman–Crippen MR) is 88.7 cm³/mol. The fourth-order valence-electron chi connectivity index (χ4n) is 2.60. The Hall–Kier alpha value is -2.82. The minimum Gasteiger partial charge on any atom is -0.476 e. The summed E-state index contributed by atoms with van der Waals surface area (Å²) in [5.74, 6) is 0.161. The van der Waals surface area contributed by atoms with Crippen molar-refractivity contribution in [1.82, 2.24) is 0 Å². The molecule has 5 heteroatoms. The maximum Gasteiger partial charge on any atom is 0.267 e.